The molecule has 29 heavy (non-hydrogen) atoms. The van der Waals surface area contributed by atoms with Gasteiger partial charge < -0.3 is 19.9 Å². The molecule has 162 valence electrons. The van der Waals surface area contributed by atoms with Crippen molar-refractivity contribution in [1.82, 2.24) is 20.1 Å². The fourth-order valence-electron chi connectivity index (χ4n) is 3.76. The van der Waals surface area contributed by atoms with Crippen LogP contribution in [0.25, 0.3) is 0 Å². The van der Waals surface area contributed by atoms with E-state index in [0.29, 0.717) is 31.5 Å². The smallest absolute Gasteiger partial charge is 0.410 e. The zero-order valence-electron chi connectivity index (χ0n) is 18.1. The number of hydrogen-bond acceptors (Lipinski definition) is 6. The molecule has 1 aromatic rings. The van der Waals surface area contributed by atoms with Gasteiger partial charge in [-0.05, 0) is 38.3 Å². The van der Waals surface area contributed by atoms with Crippen LogP contribution in [0.2, 0.25) is 0 Å². The topological polar surface area (TPSA) is 70.1 Å². The van der Waals surface area contributed by atoms with E-state index in [1.54, 1.807) is 4.90 Å². The third-order valence-electron chi connectivity index (χ3n) is 5.26. The van der Waals surface area contributed by atoms with Gasteiger partial charge >= 0.3 is 6.09 Å². The van der Waals surface area contributed by atoms with Crippen molar-refractivity contribution in [1.29, 1.82) is 0 Å². The number of piperazine rings is 1. The number of carbonyl (C=O) groups is 1. The van der Waals surface area contributed by atoms with Crippen molar-refractivity contribution in [2.45, 2.75) is 52.2 Å². The second-order valence-corrected chi connectivity index (χ2v) is 8.96. The average molecular weight is 515 g/mol. The summed E-state index contributed by atoms with van der Waals surface area (Å²) in [7, 11) is 0. The normalized spacial score (nSPS) is 19.9. The van der Waals surface area contributed by atoms with Crippen molar-refractivity contribution in [3.05, 3.63) is 30.1 Å². The quantitative estimate of drug-likeness (QED) is 0.624. The minimum absolute atomic E-state index is 0. The SMILES string of the molecule is CC(C)C(CNC1=NCC2CN(C(=O)OC(C)(C)C)CCN12)c1cccnc1.I. The van der Waals surface area contributed by atoms with E-state index in [1.807, 2.05) is 39.2 Å². The number of ether oxygens (including phenoxy) is 1. The number of halogens is 1. The van der Waals surface area contributed by atoms with Gasteiger partial charge in [0.05, 0.1) is 12.6 Å². The molecule has 1 amide bonds. The maximum atomic E-state index is 12.4. The van der Waals surface area contributed by atoms with E-state index in [-0.39, 0.29) is 36.1 Å². The summed E-state index contributed by atoms with van der Waals surface area (Å²) in [5, 5.41) is 3.56. The molecule has 2 atom stereocenters. The number of nitrogens with one attached hydrogen (secondary N) is 1. The number of aromatic nitrogens is 1. The molecule has 3 rings (SSSR count). The zero-order valence-corrected chi connectivity index (χ0v) is 20.4. The lowest BCUT2D eigenvalue weighted by molar-refractivity contribution is 0.0137. The Balaban J connectivity index is 0.00000300. The molecule has 2 unspecified atom stereocenters. The van der Waals surface area contributed by atoms with Crippen molar-refractivity contribution < 1.29 is 9.53 Å². The molecule has 3 heterocycles. The van der Waals surface area contributed by atoms with E-state index in [9.17, 15) is 4.79 Å². The van der Waals surface area contributed by atoms with E-state index in [0.717, 1.165) is 19.0 Å². The standard InChI is InChI=1S/C21H33N5O2.HI/c1-15(2)18(16-7-6-8-22-11-16)13-24-19-23-12-17-14-25(9-10-26(17)19)20(27)28-21(3,4)5;/h6-8,11,15,17-18H,9-10,12-14H2,1-5H3,(H,23,24);1H. The number of fused-ring (bicyclic) bond motifs is 1. The molecule has 1 fully saturated rings. The minimum Gasteiger partial charge on any atom is -0.444 e. The van der Waals surface area contributed by atoms with Crippen LogP contribution < -0.4 is 5.32 Å². The average Bonchev–Trinajstić information content (AvgIpc) is 3.03. The van der Waals surface area contributed by atoms with Crippen LogP contribution in [0.15, 0.2) is 29.5 Å². The van der Waals surface area contributed by atoms with Crippen molar-refractivity contribution in [3.63, 3.8) is 0 Å². The van der Waals surface area contributed by atoms with Gasteiger partial charge in [-0.1, -0.05) is 19.9 Å². The number of carbonyl (C=O) groups excluding carboxylic acids is 1. The van der Waals surface area contributed by atoms with Crippen LogP contribution in [0.4, 0.5) is 4.79 Å². The predicted molar refractivity (Wildman–Crippen MR) is 126 cm³/mol. The second kappa shape index (κ2) is 9.95. The fourth-order valence-corrected chi connectivity index (χ4v) is 3.76. The van der Waals surface area contributed by atoms with Gasteiger partial charge in [0.2, 0.25) is 0 Å². The Hall–Kier alpha value is -1.58. The monoisotopic (exact) mass is 515 g/mol. The van der Waals surface area contributed by atoms with Crippen LogP contribution in [0.3, 0.4) is 0 Å². The first-order valence-electron chi connectivity index (χ1n) is 10.2. The lowest BCUT2D eigenvalue weighted by atomic mass is 9.89. The lowest BCUT2D eigenvalue weighted by Crippen LogP contribution is -2.57. The molecule has 1 N–H and O–H groups in total. The lowest BCUT2D eigenvalue weighted by Gasteiger charge is -2.39. The van der Waals surface area contributed by atoms with Gasteiger partial charge in [-0.2, -0.15) is 0 Å². The van der Waals surface area contributed by atoms with Gasteiger partial charge in [0.15, 0.2) is 5.96 Å². The van der Waals surface area contributed by atoms with Crippen LogP contribution in [0.1, 0.15) is 46.1 Å². The summed E-state index contributed by atoms with van der Waals surface area (Å²) in [5.74, 6) is 1.82. The van der Waals surface area contributed by atoms with E-state index in [2.05, 4.69) is 35.1 Å². The fraction of sp³-hybridized carbons (Fsp3) is 0.667. The Kier molecular flexibility index (Phi) is 8.13. The third kappa shape index (κ3) is 6.20. The summed E-state index contributed by atoms with van der Waals surface area (Å²) >= 11 is 0. The number of pyridine rings is 1. The highest BCUT2D eigenvalue weighted by atomic mass is 127. The second-order valence-electron chi connectivity index (χ2n) is 8.96. The molecule has 1 saturated heterocycles. The molecule has 2 aliphatic rings. The highest BCUT2D eigenvalue weighted by molar-refractivity contribution is 14.0. The number of aliphatic imine (C=N–C) groups is 1. The Bertz CT molecular complexity index is 705. The summed E-state index contributed by atoms with van der Waals surface area (Å²) in [4.78, 5) is 25.4. The van der Waals surface area contributed by atoms with Gasteiger partial charge in [0.25, 0.3) is 0 Å². The molecule has 0 aliphatic carbocycles. The molecule has 8 heteroatoms. The Morgan fingerprint density at radius 3 is 2.72 bits per heavy atom. The molecular weight excluding hydrogens is 481 g/mol. The van der Waals surface area contributed by atoms with E-state index in [1.165, 1.54) is 5.56 Å². The molecule has 2 aliphatic heterocycles. The van der Waals surface area contributed by atoms with Gasteiger partial charge in [-0.25, -0.2) is 4.79 Å². The Morgan fingerprint density at radius 2 is 2.10 bits per heavy atom. The zero-order chi connectivity index (χ0) is 20.3. The summed E-state index contributed by atoms with van der Waals surface area (Å²) < 4.78 is 5.52. The van der Waals surface area contributed by atoms with Gasteiger partial charge in [0.1, 0.15) is 5.60 Å². The Morgan fingerprint density at radius 1 is 1.34 bits per heavy atom. The first kappa shape index (κ1) is 23.7. The molecule has 7 nitrogen and oxygen atoms in total. The van der Waals surface area contributed by atoms with Crippen LogP contribution in [-0.4, -0.2) is 71.2 Å². The number of rotatable bonds is 4. The summed E-state index contributed by atoms with van der Waals surface area (Å²) in [6, 6.07) is 4.35. The highest BCUT2D eigenvalue weighted by Crippen LogP contribution is 2.24. The van der Waals surface area contributed by atoms with Crippen molar-refractivity contribution >= 4 is 36.0 Å². The maximum Gasteiger partial charge on any atom is 0.410 e. The third-order valence-corrected chi connectivity index (χ3v) is 5.26. The number of amides is 1. The first-order chi connectivity index (χ1) is 13.2. The van der Waals surface area contributed by atoms with E-state index >= 15 is 0 Å². The molecule has 0 spiro atoms. The van der Waals surface area contributed by atoms with Gasteiger partial charge in [0, 0.05) is 44.5 Å². The molecule has 0 bridgehead atoms. The predicted octanol–water partition coefficient (Wildman–Crippen LogP) is 3.32. The van der Waals surface area contributed by atoms with Crippen LogP contribution in [0, 0.1) is 5.92 Å². The summed E-state index contributed by atoms with van der Waals surface area (Å²) in [6.45, 7) is 13.8. The largest absolute Gasteiger partial charge is 0.444 e. The number of nitrogens with zero attached hydrogens (tertiary/aromatic N) is 4. The van der Waals surface area contributed by atoms with Crippen molar-refractivity contribution in [3.8, 4) is 0 Å². The number of guanidine groups is 1. The number of hydrogen-bond donors (Lipinski definition) is 1. The minimum atomic E-state index is -0.467. The Labute approximate surface area is 191 Å². The molecule has 0 saturated carbocycles. The maximum absolute atomic E-state index is 12.4. The van der Waals surface area contributed by atoms with E-state index in [4.69, 9.17) is 9.73 Å². The van der Waals surface area contributed by atoms with Crippen LogP contribution >= 0.6 is 24.0 Å². The van der Waals surface area contributed by atoms with Crippen LogP contribution in [-0.2, 0) is 4.74 Å². The van der Waals surface area contributed by atoms with Gasteiger partial charge in [-0.15, -0.1) is 24.0 Å². The summed E-state index contributed by atoms with van der Waals surface area (Å²) in [6.07, 6.45) is 3.53. The van der Waals surface area contributed by atoms with Crippen LogP contribution in [0.5, 0.6) is 0 Å². The van der Waals surface area contributed by atoms with E-state index < -0.39 is 5.60 Å². The summed E-state index contributed by atoms with van der Waals surface area (Å²) in [5.41, 5.74) is 0.778. The van der Waals surface area contributed by atoms with Crippen molar-refractivity contribution in [2.75, 3.05) is 32.7 Å². The molecule has 0 radical (unpaired) electrons. The van der Waals surface area contributed by atoms with Crippen molar-refractivity contribution in [2.24, 2.45) is 10.9 Å². The highest BCUT2D eigenvalue weighted by Gasteiger charge is 2.36. The molecule has 1 aromatic heterocycles. The molecular formula is C21H34IN5O2. The molecule has 0 aromatic carbocycles. The first-order valence-corrected chi connectivity index (χ1v) is 10.2. The van der Waals surface area contributed by atoms with Gasteiger partial charge in [-0.3, -0.25) is 9.98 Å².